The van der Waals surface area contributed by atoms with Gasteiger partial charge in [0.05, 0.1) is 13.3 Å². The molecule has 0 spiro atoms. The van der Waals surface area contributed by atoms with E-state index in [9.17, 15) is 14.4 Å². The second kappa shape index (κ2) is 12.9. The van der Waals surface area contributed by atoms with Gasteiger partial charge >= 0.3 is 11.8 Å². The summed E-state index contributed by atoms with van der Waals surface area (Å²) in [4.78, 5) is 36.0. The van der Waals surface area contributed by atoms with Crippen LogP contribution in [-0.4, -0.2) is 37.7 Å². The molecule has 0 bridgehead atoms. The van der Waals surface area contributed by atoms with Crippen LogP contribution in [0.15, 0.2) is 71.8 Å². The van der Waals surface area contributed by atoms with Crippen LogP contribution in [0, 0.1) is 6.92 Å². The number of halogens is 1. The fourth-order valence-corrected chi connectivity index (χ4v) is 3.07. The van der Waals surface area contributed by atoms with E-state index < -0.39 is 11.8 Å². The summed E-state index contributed by atoms with van der Waals surface area (Å²) < 4.78 is 10.9. The first kappa shape index (κ1) is 26.2. The van der Waals surface area contributed by atoms with Crippen LogP contribution in [0.2, 0.25) is 5.02 Å². The van der Waals surface area contributed by atoms with Gasteiger partial charge in [0.15, 0.2) is 18.1 Å². The number of hydrazone groups is 1. The molecule has 0 aromatic heterocycles. The van der Waals surface area contributed by atoms with E-state index in [1.165, 1.54) is 13.3 Å². The molecule has 0 heterocycles. The SMILES string of the molecule is COc1cc(/C=N\NC(=O)C(=O)NCc2ccc(C)cc2)ccc1OCC(=O)Nc1ccc(Cl)cc1. The summed E-state index contributed by atoms with van der Waals surface area (Å²) >= 11 is 5.84. The summed E-state index contributed by atoms with van der Waals surface area (Å²) in [6, 6.07) is 19.2. The molecule has 3 rings (SSSR count). The van der Waals surface area contributed by atoms with Crippen LogP contribution in [0.3, 0.4) is 0 Å². The Balaban J connectivity index is 1.48. The molecule has 3 aromatic carbocycles. The van der Waals surface area contributed by atoms with Crippen molar-refractivity contribution in [1.29, 1.82) is 0 Å². The van der Waals surface area contributed by atoms with Gasteiger partial charge in [-0.2, -0.15) is 5.10 Å². The molecule has 10 heteroatoms. The van der Waals surface area contributed by atoms with E-state index in [0.29, 0.717) is 27.8 Å². The first-order valence-electron chi connectivity index (χ1n) is 10.9. The van der Waals surface area contributed by atoms with Gasteiger partial charge < -0.3 is 20.1 Å². The van der Waals surface area contributed by atoms with E-state index >= 15 is 0 Å². The maximum atomic E-state index is 12.1. The largest absolute Gasteiger partial charge is 0.493 e. The summed E-state index contributed by atoms with van der Waals surface area (Å²) in [7, 11) is 1.46. The lowest BCUT2D eigenvalue weighted by molar-refractivity contribution is -0.139. The van der Waals surface area contributed by atoms with Crippen LogP contribution < -0.4 is 25.5 Å². The molecule has 0 atom stereocenters. The van der Waals surface area contributed by atoms with Crippen LogP contribution >= 0.6 is 11.6 Å². The predicted octanol–water partition coefficient (Wildman–Crippen LogP) is 3.44. The van der Waals surface area contributed by atoms with E-state index in [1.54, 1.807) is 42.5 Å². The number of rotatable bonds is 9. The van der Waals surface area contributed by atoms with Gasteiger partial charge in [0.2, 0.25) is 0 Å². The van der Waals surface area contributed by atoms with Crippen molar-refractivity contribution in [2.24, 2.45) is 5.10 Å². The minimum atomic E-state index is -0.892. The fourth-order valence-electron chi connectivity index (χ4n) is 2.94. The Kier molecular flexibility index (Phi) is 9.41. The highest BCUT2D eigenvalue weighted by Crippen LogP contribution is 2.27. The number of amides is 3. The highest BCUT2D eigenvalue weighted by atomic mass is 35.5. The molecule has 36 heavy (non-hydrogen) atoms. The number of carbonyl (C=O) groups excluding carboxylic acids is 3. The number of benzene rings is 3. The van der Waals surface area contributed by atoms with Crippen LogP contribution in [-0.2, 0) is 20.9 Å². The third kappa shape index (κ3) is 8.14. The van der Waals surface area contributed by atoms with Gasteiger partial charge in [0.25, 0.3) is 5.91 Å². The van der Waals surface area contributed by atoms with Gasteiger partial charge in [0, 0.05) is 17.3 Å². The van der Waals surface area contributed by atoms with Gasteiger partial charge in [-0.05, 0) is 60.5 Å². The Hall–Kier alpha value is -4.37. The van der Waals surface area contributed by atoms with Crippen molar-refractivity contribution >= 4 is 41.2 Å². The molecule has 0 saturated heterocycles. The molecule has 0 unspecified atom stereocenters. The Bertz CT molecular complexity index is 1240. The first-order valence-corrected chi connectivity index (χ1v) is 11.2. The zero-order chi connectivity index (χ0) is 25.9. The predicted molar refractivity (Wildman–Crippen MR) is 137 cm³/mol. The molecule has 0 saturated carbocycles. The molecule has 0 aliphatic heterocycles. The molecule has 3 aromatic rings. The number of methoxy groups -OCH3 is 1. The lowest BCUT2D eigenvalue weighted by Crippen LogP contribution is -2.37. The summed E-state index contributed by atoms with van der Waals surface area (Å²) in [5.41, 5.74) is 5.33. The maximum absolute atomic E-state index is 12.1. The van der Waals surface area contributed by atoms with Gasteiger partial charge in [-0.3, -0.25) is 14.4 Å². The monoisotopic (exact) mass is 508 g/mol. The molecular formula is C26H25ClN4O5. The normalized spacial score (nSPS) is 10.5. The zero-order valence-corrected chi connectivity index (χ0v) is 20.5. The van der Waals surface area contributed by atoms with E-state index in [1.807, 2.05) is 31.2 Å². The van der Waals surface area contributed by atoms with Crippen LogP contribution in [0.5, 0.6) is 11.5 Å². The number of anilines is 1. The van der Waals surface area contributed by atoms with Crippen molar-refractivity contribution in [3.05, 3.63) is 88.4 Å². The lowest BCUT2D eigenvalue weighted by atomic mass is 10.1. The number of hydrogen-bond acceptors (Lipinski definition) is 6. The average Bonchev–Trinajstić information content (AvgIpc) is 2.88. The first-order chi connectivity index (χ1) is 17.3. The second-order valence-electron chi connectivity index (χ2n) is 7.62. The van der Waals surface area contributed by atoms with Gasteiger partial charge in [-0.15, -0.1) is 0 Å². The minimum absolute atomic E-state index is 0.229. The Morgan fingerprint density at radius 1 is 0.944 bits per heavy atom. The summed E-state index contributed by atoms with van der Waals surface area (Å²) in [6.07, 6.45) is 1.35. The third-order valence-corrected chi connectivity index (χ3v) is 5.09. The minimum Gasteiger partial charge on any atom is -0.493 e. The summed E-state index contributed by atoms with van der Waals surface area (Å²) in [5.74, 6) is -1.34. The van der Waals surface area contributed by atoms with Crippen molar-refractivity contribution in [2.45, 2.75) is 13.5 Å². The highest BCUT2D eigenvalue weighted by molar-refractivity contribution is 6.35. The molecule has 0 aliphatic rings. The quantitative estimate of drug-likeness (QED) is 0.232. The Labute approximate surface area is 213 Å². The van der Waals surface area contributed by atoms with Crippen molar-refractivity contribution in [1.82, 2.24) is 10.7 Å². The Morgan fingerprint density at radius 3 is 2.36 bits per heavy atom. The number of nitrogens with zero attached hydrogens (tertiary/aromatic N) is 1. The van der Waals surface area contributed by atoms with Gasteiger partial charge in [-0.1, -0.05) is 41.4 Å². The van der Waals surface area contributed by atoms with E-state index in [4.69, 9.17) is 21.1 Å². The zero-order valence-electron chi connectivity index (χ0n) is 19.7. The van der Waals surface area contributed by atoms with Crippen molar-refractivity contribution in [3.8, 4) is 11.5 Å². The fraction of sp³-hybridized carbons (Fsp3) is 0.154. The molecular weight excluding hydrogens is 484 g/mol. The molecule has 9 nitrogen and oxygen atoms in total. The average molecular weight is 509 g/mol. The van der Waals surface area contributed by atoms with Crippen LogP contribution in [0.25, 0.3) is 0 Å². The lowest BCUT2D eigenvalue weighted by Gasteiger charge is -2.11. The summed E-state index contributed by atoms with van der Waals surface area (Å²) in [6.45, 7) is 1.96. The Morgan fingerprint density at radius 2 is 1.67 bits per heavy atom. The van der Waals surface area contributed by atoms with E-state index in [2.05, 4.69) is 21.2 Å². The molecule has 3 amide bonds. The van der Waals surface area contributed by atoms with Crippen LogP contribution in [0.4, 0.5) is 5.69 Å². The van der Waals surface area contributed by atoms with Gasteiger partial charge in [-0.25, -0.2) is 5.43 Å². The molecule has 0 aliphatic carbocycles. The highest BCUT2D eigenvalue weighted by Gasteiger charge is 2.12. The topological polar surface area (TPSA) is 118 Å². The number of ether oxygens (including phenoxy) is 2. The molecule has 0 radical (unpaired) electrons. The molecule has 186 valence electrons. The van der Waals surface area contributed by atoms with Crippen molar-refractivity contribution in [2.75, 3.05) is 19.0 Å². The van der Waals surface area contributed by atoms with Crippen molar-refractivity contribution in [3.63, 3.8) is 0 Å². The van der Waals surface area contributed by atoms with E-state index in [0.717, 1.165) is 11.1 Å². The molecule has 3 N–H and O–H groups in total. The number of nitrogens with one attached hydrogen (secondary N) is 3. The third-order valence-electron chi connectivity index (χ3n) is 4.83. The maximum Gasteiger partial charge on any atom is 0.329 e. The van der Waals surface area contributed by atoms with Crippen molar-refractivity contribution < 1.29 is 23.9 Å². The second-order valence-corrected chi connectivity index (χ2v) is 8.06. The number of carbonyl (C=O) groups is 3. The standard InChI is InChI=1S/C26H25ClN4O5/c1-17-3-5-18(6-4-17)14-28-25(33)26(34)31-29-15-19-7-12-22(23(13-19)35-2)36-16-24(32)30-21-10-8-20(27)9-11-21/h3-13,15H,14,16H2,1-2H3,(H,28,33)(H,30,32)(H,31,34)/b29-15-. The summed E-state index contributed by atoms with van der Waals surface area (Å²) in [5, 5.41) is 9.61. The molecule has 0 fully saturated rings. The van der Waals surface area contributed by atoms with Gasteiger partial charge in [0.1, 0.15) is 0 Å². The van der Waals surface area contributed by atoms with E-state index in [-0.39, 0.29) is 19.1 Å². The smallest absolute Gasteiger partial charge is 0.329 e. The van der Waals surface area contributed by atoms with Crippen LogP contribution in [0.1, 0.15) is 16.7 Å². The number of hydrogen-bond donors (Lipinski definition) is 3. The number of aryl methyl sites for hydroxylation is 1.